The number of rotatable bonds is 8. The molecular formula is C14H20N4O4S. The van der Waals surface area contributed by atoms with E-state index in [-0.39, 0.29) is 6.42 Å². The molecule has 0 aliphatic heterocycles. The number of carboxylic acid groups (broad SMARTS) is 1. The summed E-state index contributed by atoms with van der Waals surface area (Å²) in [6, 6.07) is 0. The quantitative estimate of drug-likeness (QED) is 0.551. The summed E-state index contributed by atoms with van der Waals surface area (Å²) in [6.45, 7) is 2.70. The van der Waals surface area contributed by atoms with Gasteiger partial charge in [-0.1, -0.05) is 31.5 Å². The molecule has 9 heteroatoms. The number of fused-ring (bicyclic) bond motifs is 1. The highest BCUT2D eigenvalue weighted by Crippen LogP contribution is 2.22. The van der Waals surface area contributed by atoms with E-state index in [0.29, 0.717) is 28.6 Å². The first-order valence-electron chi connectivity index (χ1n) is 7.49. The molecule has 2 aromatic heterocycles. The Morgan fingerprint density at radius 1 is 1.35 bits per heavy atom. The average molecular weight is 340 g/mol. The monoisotopic (exact) mass is 340 g/mol. The number of aryl methyl sites for hydroxylation is 2. The number of aromatic nitrogens is 4. The van der Waals surface area contributed by atoms with Crippen molar-refractivity contribution in [2.24, 2.45) is 7.05 Å². The molecule has 0 atom stereocenters. The standard InChI is InChI=1S/C14H20N4O4S/c1-3-4-5-7-18-10-11(17(2)13(22)16-12(10)21)15-14(18)23-8-6-9(19)20/h3-8H2,1-2H3,(H,19,20)(H,16,21,22). The van der Waals surface area contributed by atoms with Crippen LogP contribution in [0.3, 0.4) is 0 Å². The first-order chi connectivity index (χ1) is 11.0. The zero-order chi connectivity index (χ0) is 17.0. The van der Waals surface area contributed by atoms with E-state index in [1.54, 1.807) is 11.6 Å². The lowest BCUT2D eigenvalue weighted by molar-refractivity contribution is -0.136. The Morgan fingerprint density at radius 3 is 2.74 bits per heavy atom. The van der Waals surface area contributed by atoms with E-state index < -0.39 is 17.2 Å². The molecule has 0 unspecified atom stereocenters. The number of aliphatic carboxylic acids is 1. The molecule has 0 radical (unpaired) electrons. The summed E-state index contributed by atoms with van der Waals surface area (Å²) in [6.07, 6.45) is 2.96. The second-order valence-corrected chi connectivity index (χ2v) is 6.30. The molecule has 2 heterocycles. The number of imidazole rings is 1. The van der Waals surface area contributed by atoms with Crippen molar-refractivity contribution >= 4 is 28.9 Å². The van der Waals surface area contributed by atoms with Crippen molar-refractivity contribution in [3.8, 4) is 0 Å². The van der Waals surface area contributed by atoms with Crippen molar-refractivity contribution in [3.05, 3.63) is 20.8 Å². The molecule has 126 valence electrons. The molecule has 0 aromatic carbocycles. The van der Waals surface area contributed by atoms with Crippen LogP contribution in [-0.4, -0.2) is 35.9 Å². The number of hydrogen-bond donors (Lipinski definition) is 2. The molecule has 8 nitrogen and oxygen atoms in total. The summed E-state index contributed by atoms with van der Waals surface area (Å²) in [5.74, 6) is -0.519. The number of H-pyrrole nitrogens is 1. The highest BCUT2D eigenvalue weighted by molar-refractivity contribution is 7.99. The summed E-state index contributed by atoms with van der Waals surface area (Å²) < 4.78 is 3.09. The third-order valence-corrected chi connectivity index (χ3v) is 4.48. The van der Waals surface area contributed by atoms with Crippen LogP contribution in [0, 0.1) is 0 Å². The van der Waals surface area contributed by atoms with Gasteiger partial charge in [-0.05, 0) is 6.42 Å². The minimum Gasteiger partial charge on any atom is -0.481 e. The van der Waals surface area contributed by atoms with Gasteiger partial charge in [0, 0.05) is 19.3 Å². The number of hydrogen-bond acceptors (Lipinski definition) is 5. The van der Waals surface area contributed by atoms with Crippen LogP contribution in [0.5, 0.6) is 0 Å². The molecule has 0 fully saturated rings. The minimum absolute atomic E-state index is 0.0120. The molecular weight excluding hydrogens is 320 g/mol. The van der Waals surface area contributed by atoms with E-state index in [1.807, 2.05) is 0 Å². The van der Waals surface area contributed by atoms with Crippen molar-refractivity contribution < 1.29 is 9.90 Å². The van der Waals surface area contributed by atoms with Gasteiger partial charge in [0.2, 0.25) is 0 Å². The van der Waals surface area contributed by atoms with Gasteiger partial charge >= 0.3 is 11.7 Å². The maximum atomic E-state index is 12.2. The first-order valence-corrected chi connectivity index (χ1v) is 8.48. The largest absolute Gasteiger partial charge is 0.481 e. The second kappa shape index (κ2) is 7.49. The van der Waals surface area contributed by atoms with E-state index in [1.165, 1.54) is 16.3 Å². The van der Waals surface area contributed by atoms with Gasteiger partial charge in [-0.2, -0.15) is 0 Å². The highest BCUT2D eigenvalue weighted by Gasteiger charge is 2.17. The summed E-state index contributed by atoms with van der Waals surface area (Å²) in [4.78, 5) is 41.2. The smallest absolute Gasteiger partial charge is 0.329 e. The molecule has 0 bridgehead atoms. The predicted octanol–water partition coefficient (Wildman–Crippen LogP) is 1.18. The van der Waals surface area contributed by atoms with Crippen LogP contribution < -0.4 is 11.2 Å². The third-order valence-electron chi connectivity index (χ3n) is 3.50. The molecule has 2 N–H and O–H groups in total. The fraction of sp³-hybridized carbons (Fsp3) is 0.571. The zero-order valence-electron chi connectivity index (χ0n) is 13.2. The Balaban J connectivity index is 2.46. The average Bonchev–Trinajstić information content (AvgIpc) is 2.84. The summed E-state index contributed by atoms with van der Waals surface area (Å²) in [5.41, 5.74) is -0.283. The first kappa shape index (κ1) is 17.3. The molecule has 0 aliphatic carbocycles. The Kier molecular flexibility index (Phi) is 5.64. The van der Waals surface area contributed by atoms with E-state index >= 15 is 0 Å². The number of aromatic amines is 1. The molecule has 23 heavy (non-hydrogen) atoms. The van der Waals surface area contributed by atoms with Gasteiger partial charge in [-0.3, -0.25) is 19.1 Å². The highest BCUT2D eigenvalue weighted by atomic mass is 32.2. The Labute approximate surface area is 136 Å². The predicted molar refractivity (Wildman–Crippen MR) is 88.1 cm³/mol. The van der Waals surface area contributed by atoms with Crippen LogP contribution in [0.25, 0.3) is 11.2 Å². The molecule has 0 saturated carbocycles. The topological polar surface area (TPSA) is 110 Å². The normalized spacial score (nSPS) is 11.2. The molecule has 2 aromatic rings. The van der Waals surface area contributed by atoms with Gasteiger partial charge in [0.25, 0.3) is 5.56 Å². The van der Waals surface area contributed by atoms with Crippen LogP contribution in [0.1, 0.15) is 32.6 Å². The molecule has 0 aliphatic rings. The van der Waals surface area contributed by atoms with Gasteiger partial charge in [-0.25, -0.2) is 9.78 Å². The summed E-state index contributed by atoms with van der Waals surface area (Å²) in [5, 5.41) is 9.33. The number of nitrogens with one attached hydrogen (secondary N) is 1. The molecule has 0 spiro atoms. The van der Waals surface area contributed by atoms with Crippen molar-refractivity contribution in [3.63, 3.8) is 0 Å². The lowest BCUT2D eigenvalue weighted by Crippen LogP contribution is -2.29. The van der Waals surface area contributed by atoms with Crippen LogP contribution in [0.4, 0.5) is 0 Å². The van der Waals surface area contributed by atoms with Gasteiger partial charge in [0.15, 0.2) is 16.3 Å². The van der Waals surface area contributed by atoms with Crippen molar-refractivity contribution in [2.75, 3.05) is 5.75 Å². The van der Waals surface area contributed by atoms with Crippen LogP contribution in [0.2, 0.25) is 0 Å². The fourth-order valence-electron chi connectivity index (χ4n) is 2.28. The van der Waals surface area contributed by atoms with E-state index in [2.05, 4.69) is 16.9 Å². The van der Waals surface area contributed by atoms with Gasteiger partial charge in [0.05, 0.1) is 6.42 Å². The maximum absolute atomic E-state index is 12.2. The third kappa shape index (κ3) is 3.84. The fourth-order valence-corrected chi connectivity index (χ4v) is 3.23. The van der Waals surface area contributed by atoms with Crippen molar-refractivity contribution in [1.82, 2.24) is 19.1 Å². The number of nitrogens with zero attached hydrogens (tertiary/aromatic N) is 3. The lowest BCUT2D eigenvalue weighted by Gasteiger charge is -2.07. The lowest BCUT2D eigenvalue weighted by atomic mass is 10.2. The SMILES string of the molecule is CCCCCn1c(SCCC(=O)O)nc2c1c(=O)[nH]c(=O)n2C. The van der Waals surface area contributed by atoms with Crippen molar-refractivity contribution in [1.29, 1.82) is 0 Å². The van der Waals surface area contributed by atoms with Gasteiger partial charge in [0.1, 0.15) is 0 Å². The second-order valence-electron chi connectivity index (χ2n) is 5.24. The summed E-state index contributed by atoms with van der Waals surface area (Å²) in [7, 11) is 1.55. The molecule has 2 rings (SSSR count). The van der Waals surface area contributed by atoms with Gasteiger partial charge in [-0.15, -0.1) is 0 Å². The number of carbonyl (C=O) groups is 1. The van der Waals surface area contributed by atoms with E-state index in [4.69, 9.17) is 5.11 Å². The van der Waals surface area contributed by atoms with E-state index in [0.717, 1.165) is 19.3 Å². The Hall–Kier alpha value is -2.03. The van der Waals surface area contributed by atoms with Crippen LogP contribution >= 0.6 is 11.8 Å². The maximum Gasteiger partial charge on any atom is 0.329 e. The van der Waals surface area contributed by atoms with Crippen molar-refractivity contribution in [2.45, 2.75) is 44.3 Å². The Morgan fingerprint density at radius 2 is 2.09 bits per heavy atom. The van der Waals surface area contributed by atoms with E-state index in [9.17, 15) is 14.4 Å². The number of unbranched alkanes of at least 4 members (excludes halogenated alkanes) is 2. The van der Waals surface area contributed by atoms with Crippen LogP contribution in [0.15, 0.2) is 14.7 Å². The molecule has 0 saturated heterocycles. The minimum atomic E-state index is -0.878. The van der Waals surface area contributed by atoms with Gasteiger partial charge < -0.3 is 9.67 Å². The molecule has 0 amide bonds. The number of thioether (sulfide) groups is 1. The van der Waals surface area contributed by atoms with Crippen LogP contribution in [-0.2, 0) is 18.4 Å². The zero-order valence-corrected chi connectivity index (χ0v) is 14.0. The number of carboxylic acids is 1. The summed E-state index contributed by atoms with van der Waals surface area (Å²) >= 11 is 1.29. The Bertz CT molecular complexity index is 821.